The number of aryl methyl sites for hydroxylation is 1. The quantitative estimate of drug-likeness (QED) is 0.389. The number of carbonyl (C=O) groups is 1. The molecule has 0 aliphatic carbocycles. The van der Waals surface area contributed by atoms with Crippen LogP contribution in [0.2, 0.25) is 5.02 Å². The molecule has 1 aromatic heterocycles. The molecule has 0 saturated carbocycles. The average molecular weight is 494 g/mol. The number of hydrogen-bond donors (Lipinski definition) is 1. The van der Waals surface area contributed by atoms with Crippen LogP contribution in [0.1, 0.15) is 23.7 Å². The number of anilines is 1. The minimum Gasteiger partial charge on any atom is -0.491 e. The summed E-state index contributed by atoms with van der Waals surface area (Å²) in [6, 6.07) is 19.0. The Balaban J connectivity index is 1.37. The van der Waals surface area contributed by atoms with Gasteiger partial charge in [0.25, 0.3) is 0 Å². The van der Waals surface area contributed by atoms with Crippen molar-refractivity contribution in [3.63, 3.8) is 0 Å². The first-order chi connectivity index (χ1) is 16.9. The summed E-state index contributed by atoms with van der Waals surface area (Å²) in [5.41, 5.74) is 3.25. The maximum atomic E-state index is 13.4. The molecule has 8 heteroatoms. The van der Waals surface area contributed by atoms with Gasteiger partial charge >= 0.3 is 0 Å². The molecule has 0 radical (unpaired) electrons. The Kier molecular flexibility index (Phi) is 6.45. The molecule has 1 saturated heterocycles. The molecule has 1 aliphatic rings. The number of fused-ring (bicyclic) bond motifs is 1. The molecule has 2 heterocycles. The summed E-state index contributed by atoms with van der Waals surface area (Å²) >= 11 is 6.08. The lowest BCUT2D eigenvalue weighted by Crippen LogP contribution is -2.26. The van der Waals surface area contributed by atoms with E-state index in [9.17, 15) is 14.3 Å². The molecule has 0 bridgehead atoms. The number of rotatable bonds is 7. The first-order valence-electron chi connectivity index (χ1n) is 11.5. The second-order valence-electron chi connectivity index (χ2n) is 8.83. The SMILES string of the molecule is Cc1cc(OC[C@@H](O)Cn2c([C@H]3CC(=O)N(c4ccc(F)cc4)C3)nc3ccccc32)ccc1Cl. The summed E-state index contributed by atoms with van der Waals surface area (Å²) in [7, 11) is 0. The summed E-state index contributed by atoms with van der Waals surface area (Å²) in [4.78, 5) is 19.3. The first kappa shape index (κ1) is 23.3. The molecular weight excluding hydrogens is 469 g/mol. The maximum absolute atomic E-state index is 13.4. The zero-order valence-electron chi connectivity index (χ0n) is 19.2. The normalized spacial score (nSPS) is 16.7. The van der Waals surface area contributed by atoms with E-state index < -0.39 is 6.10 Å². The fourth-order valence-electron chi connectivity index (χ4n) is 4.51. The highest BCUT2D eigenvalue weighted by atomic mass is 35.5. The first-order valence-corrected chi connectivity index (χ1v) is 11.8. The van der Waals surface area contributed by atoms with Crippen molar-refractivity contribution in [1.82, 2.24) is 9.55 Å². The predicted molar refractivity (Wildman–Crippen MR) is 134 cm³/mol. The minimum atomic E-state index is -0.798. The zero-order valence-corrected chi connectivity index (χ0v) is 20.0. The lowest BCUT2D eigenvalue weighted by atomic mass is 10.1. The van der Waals surface area contributed by atoms with Gasteiger partial charge in [-0.3, -0.25) is 4.79 Å². The second kappa shape index (κ2) is 9.68. The molecule has 1 aliphatic heterocycles. The molecular formula is C27H25ClFN3O3. The van der Waals surface area contributed by atoms with Gasteiger partial charge in [0.1, 0.15) is 30.1 Å². The smallest absolute Gasteiger partial charge is 0.227 e. The Bertz CT molecular complexity index is 1370. The molecule has 35 heavy (non-hydrogen) atoms. The van der Waals surface area contributed by atoms with Crippen molar-refractivity contribution in [2.45, 2.75) is 31.9 Å². The van der Waals surface area contributed by atoms with Crippen LogP contribution in [0.25, 0.3) is 11.0 Å². The second-order valence-corrected chi connectivity index (χ2v) is 9.23. The van der Waals surface area contributed by atoms with Crippen molar-refractivity contribution in [3.05, 3.63) is 89.0 Å². The van der Waals surface area contributed by atoms with E-state index >= 15 is 0 Å². The third-order valence-corrected chi connectivity index (χ3v) is 6.70. The molecule has 180 valence electrons. The number of aromatic nitrogens is 2. The molecule has 2 atom stereocenters. The summed E-state index contributed by atoms with van der Waals surface area (Å²) in [6.07, 6.45) is -0.509. The Morgan fingerprint density at radius 1 is 1.17 bits per heavy atom. The van der Waals surface area contributed by atoms with Crippen LogP contribution in [0.15, 0.2) is 66.7 Å². The molecule has 1 amide bonds. The van der Waals surface area contributed by atoms with Crippen LogP contribution >= 0.6 is 11.6 Å². The molecule has 4 aromatic rings. The van der Waals surface area contributed by atoms with Gasteiger partial charge in [0.05, 0.1) is 17.6 Å². The van der Waals surface area contributed by atoms with Crippen molar-refractivity contribution in [1.29, 1.82) is 0 Å². The van der Waals surface area contributed by atoms with E-state index in [-0.39, 0.29) is 37.2 Å². The Labute approximate surface area is 207 Å². The van der Waals surface area contributed by atoms with E-state index in [2.05, 4.69) is 0 Å². The van der Waals surface area contributed by atoms with Crippen molar-refractivity contribution < 1.29 is 19.0 Å². The van der Waals surface area contributed by atoms with Gasteiger partial charge in [0.15, 0.2) is 0 Å². The van der Waals surface area contributed by atoms with Crippen LogP contribution in [-0.4, -0.2) is 39.8 Å². The third kappa shape index (κ3) is 4.88. The lowest BCUT2D eigenvalue weighted by Gasteiger charge is -2.19. The van der Waals surface area contributed by atoms with Crippen LogP contribution in [0.4, 0.5) is 10.1 Å². The molecule has 3 aromatic carbocycles. The standard InChI is InChI=1S/C27H25ClFN3O3/c1-17-12-22(10-11-23(17)28)35-16-21(33)15-32-25-5-3-2-4-24(25)30-27(32)18-13-26(34)31(14-18)20-8-6-19(29)7-9-20/h2-12,18,21,33H,13-16H2,1H3/t18-,21-/m0/s1. The number of amides is 1. The molecule has 1 fully saturated rings. The highest BCUT2D eigenvalue weighted by Gasteiger charge is 2.35. The zero-order chi connectivity index (χ0) is 24.5. The fourth-order valence-corrected chi connectivity index (χ4v) is 4.63. The number of imidazole rings is 1. The number of halogens is 2. The van der Waals surface area contributed by atoms with E-state index in [1.807, 2.05) is 41.8 Å². The molecule has 0 spiro atoms. The van der Waals surface area contributed by atoms with Gasteiger partial charge in [-0.2, -0.15) is 0 Å². The number of aliphatic hydroxyl groups excluding tert-OH is 1. The monoisotopic (exact) mass is 493 g/mol. The molecule has 5 rings (SSSR count). The van der Waals surface area contributed by atoms with Gasteiger partial charge in [0.2, 0.25) is 5.91 Å². The van der Waals surface area contributed by atoms with Crippen molar-refractivity contribution in [2.24, 2.45) is 0 Å². The largest absolute Gasteiger partial charge is 0.491 e. The van der Waals surface area contributed by atoms with Gasteiger partial charge in [0, 0.05) is 29.6 Å². The summed E-state index contributed by atoms with van der Waals surface area (Å²) in [5, 5.41) is 11.5. The van der Waals surface area contributed by atoms with E-state index in [0.717, 1.165) is 22.4 Å². The number of ether oxygens (including phenoxy) is 1. The van der Waals surface area contributed by atoms with Crippen molar-refractivity contribution in [3.8, 4) is 5.75 Å². The number of carbonyl (C=O) groups excluding carboxylic acids is 1. The summed E-state index contributed by atoms with van der Waals surface area (Å²) < 4.78 is 21.1. The average Bonchev–Trinajstić information content (AvgIpc) is 3.41. The Hall–Kier alpha value is -3.42. The van der Waals surface area contributed by atoms with Gasteiger partial charge < -0.3 is 19.3 Å². The number of aliphatic hydroxyl groups is 1. The number of para-hydroxylation sites is 2. The summed E-state index contributed by atoms with van der Waals surface area (Å²) in [5.74, 6) is 0.835. The van der Waals surface area contributed by atoms with E-state index in [1.165, 1.54) is 12.1 Å². The Morgan fingerprint density at radius 3 is 2.71 bits per heavy atom. The van der Waals surface area contributed by atoms with Crippen LogP contribution in [-0.2, 0) is 11.3 Å². The lowest BCUT2D eigenvalue weighted by molar-refractivity contribution is -0.117. The van der Waals surface area contributed by atoms with Gasteiger partial charge in [-0.25, -0.2) is 9.37 Å². The highest BCUT2D eigenvalue weighted by Crippen LogP contribution is 2.33. The highest BCUT2D eigenvalue weighted by molar-refractivity contribution is 6.31. The van der Waals surface area contributed by atoms with Crippen LogP contribution in [0.3, 0.4) is 0 Å². The fraction of sp³-hybridized carbons (Fsp3) is 0.259. The maximum Gasteiger partial charge on any atom is 0.227 e. The number of hydrogen-bond acceptors (Lipinski definition) is 4. The summed E-state index contributed by atoms with van der Waals surface area (Å²) in [6.45, 7) is 2.69. The van der Waals surface area contributed by atoms with E-state index in [0.29, 0.717) is 23.0 Å². The third-order valence-electron chi connectivity index (χ3n) is 6.28. The van der Waals surface area contributed by atoms with Crippen molar-refractivity contribution in [2.75, 3.05) is 18.1 Å². The van der Waals surface area contributed by atoms with E-state index in [4.69, 9.17) is 21.3 Å². The van der Waals surface area contributed by atoms with Gasteiger partial charge in [-0.15, -0.1) is 0 Å². The van der Waals surface area contributed by atoms with E-state index in [1.54, 1.807) is 29.2 Å². The topological polar surface area (TPSA) is 67.6 Å². The predicted octanol–water partition coefficient (Wildman–Crippen LogP) is 5.10. The number of nitrogens with zero attached hydrogens (tertiary/aromatic N) is 3. The van der Waals surface area contributed by atoms with Gasteiger partial charge in [-0.1, -0.05) is 23.7 Å². The Morgan fingerprint density at radius 2 is 1.94 bits per heavy atom. The minimum absolute atomic E-state index is 0.0396. The molecule has 0 unspecified atom stereocenters. The van der Waals surface area contributed by atoms with Crippen LogP contribution < -0.4 is 9.64 Å². The van der Waals surface area contributed by atoms with Crippen molar-refractivity contribution >= 4 is 34.2 Å². The van der Waals surface area contributed by atoms with Crippen LogP contribution in [0.5, 0.6) is 5.75 Å². The molecule has 1 N–H and O–H groups in total. The van der Waals surface area contributed by atoms with Gasteiger partial charge in [-0.05, 0) is 67.1 Å². The molecule has 6 nitrogen and oxygen atoms in total. The number of benzene rings is 3. The van der Waals surface area contributed by atoms with Crippen LogP contribution in [0, 0.1) is 12.7 Å².